The van der Waals surface area contributed by atoms with E-state index in [1.807, 2.05) is 6.20 Å². The van der Waals surface area contributed by atoms with Crippen molar-refractivity contribution >= 4 is 5.78 Å². The van der Waals surface area contributed by atoms with Gasteiger partial charge in [0.05, 0.1) is 24.0 Å². The van der Waals surface area contributed by atoms with E-state index in [4.69, 9.17) is 10.00 Å². The molecule has 0 radical (unpaired) electrons. The molecule has 1 saturated carbocycles. The lowest BCUT2D eigenvalue weighted by Crippen LogP contribution is -2.54. The lowest BCUT2D eigenvalue weighted by molar-refractivity contribution is -0.153. The number of ether oxygens (including phenoxy) is 1. The van der Waals surface area contributed by atoms with Gasteiger partial charge in [0, 0.05) is 37.7 Å². The summed E-state index contributed by atoms with van der Waals surface area (Å²) in [6, 6.07) is 2.10. The zero-order chi connectivity index (χ0) is 13.3. The van der Waals surface area contributed by atoms with Gasteiger partial charge in [-0.1, -0.05) is 0 Å². The van der Waals surface area contributed by atoms with E-state index in [9.17, 15) is 4.79 Å². The van der Waals surface area contributed by atoms with E-state index < -0.39 is 11.5 Å². The van der Waals surface area contributed by atoms with Crippen LogP contribution in [0.2, 0.25) is 0 Å². The molecule has 3 atom stereocenters. The highest BCUT2D eigenvalue weighted by Gasteiger charge is 2.44. The number of hydrogen-bond donors (Lipinski definition) is 2. The molecule has 6 heteroatoms. The minimum Gasteiger partial charge on any atom is -0.364 e. The Bertz CT molecular complexity index is 507. The zero-order valence-electron chi connectivity index (χ0n) is 10.6. The highest BCUT2D eigenvalue weighted by Crippen LogP contribution is 2.38. The molecule has 3 rings (SSSR count). The summed E-state index contributed by atoms with van der Waals surface area (Å²) >= 11 is 0. The molecule has 0 bridgehead atoms. The first-order chi connectivity index (χ1) is 9.22. The van der Waals surface area contributed by atoms with Crippen LogP contribution < -0.4 is 5.32 Å². The molecule has 19 heavy (non-hydrogen) atoms. The SMILES string of the molecule is N#CC1CC2(CCC1=O)CNCC(c1cn[nH]c1)O2. The van der Waals surface area contributed by atoms with Gasteiger partial charge in [-0.05, 0) is 6.42 Å². The third-order valence-electron chi connectivity index (χ3n) is 4.01. The Balaban J connectivity index is 1.77. The summed E-state index contributed by atoms with van der Waals surface area (Å²) in [6.07, 6.45) is 5.11. The third-order valence-corrected chi connectivity index (χ3v) is 4.01. The Morgan fingerprint density at radius 1 is 1.58 bits per heavy atom. The second-order valence-corrected chi connectivity index (χ2v) is 5.30. The van der Waals surface area contributed by atoms with Gasteiger partial charge < -0.3 is 10.1 Å². The molecule has 100 valence electrons. The van der Waals surface area contributed by atoms with E-state index in [1.165, 1.54) is 0 Å². The quantitative estimate of drug-likeness (QED) is 0.775. The zero-order valence-corrected chi connectivity index (χ0v) is 10.6. The highest BCUT2D eigenvalue weighted by atomic mass is 16.5. The number of morpholine rings is 1. The van der Waals surface area contributed by atoms with E-state index in [0.29, 0.717) is 25.8 Å². The molecule has 3 unspecified atom stereocenters. The Hall–Kier alpha value is -1.71. The van der Waals surface area contributed by atoms with Crippen LogP contribution in [0.3, 0.4) is 0 Å². The summed E-state index contributed by atoms with van der Waals surface area (Å²) in [7, 11) is 0. The number of rotatable bonds is 1. The van der Waals surface area contributed by atoms with Crippen molar-refractivity contribution in [3.8, 4) is 6.07 Å². The van der Waals surface area contributed by atoms with Gasteiger partial charge in [0.1, 0.15) is 11.7 Å². The van der Waals surface area contributed by atoms with Gasteiger partial charge >= 0.3 is 0 Å². The number of hydrogen-bond acceptors (Lipinski definition) is 5. The molecule has 6 nitrogen and oxygen atoms in total. The summed E-state index contributed by atoms with van der Waals surface area (Å²) in [5.41, 5.74) is 0.603. The summed E-state index contributed by atoms with van der Waals surface area (Å²) in [4.78, 5) is 11.6. The fourth-order valence-electron chi connectivity index (χ4n) is 2.94. The van der Waals surface area contributed by atoms with Crippen molar-refractivity contribution in [2.45, 2.75) is 31.0 Å². The number of aromatic amines is 1. The van der Waals surface area contributed by atoms with Gasteiger partial charge in [-0.15, -0.1) is 0 Å². The largest absolute Gasteiger partial charge is 0.364 e. The van der Waals surface area contributed by atoms with Crippen LogP contribution in [-0.4, -0.2) is 34.7 Å². The summed E-state index contributed by atoms with van der Waals surface area (Å²) in [5, 5.41) is 19.1. The molecule has 2 N–H and O–H groups in total. The van der Waals surface area contributed by atoms with Crippen LogP contribution in [-0.2, 0) is 9.53 Å². The Morgan fingerprint density at radius 3 is 3.21 bits per heavy atom. The maximum Gasteiger partial charge on any atom is 0.150 e. The molecule has 1 spiro atoms. The molecule has 1 saturated heterocycles. The van der Waals surface area contributed by atoms with Crippen molar-refractivity contribution in [1.29, 1.82) is 5.26 Å². The minimum absolute atomic E-state index is 0.0437. The number of nitrogens with one attached hydrogen (secondary N) is 2. The van der Waals surface area contributed by atoms with Crippen LogP contribution in [0.1, 0.15) is 30.9 Å². The molecule has 1 aliphatic carbocycles. The Kier molecular flexibility index (Phi) is 3.09. The van der Waals surface area contributed by atoms with Gasteiger partial charge in [-0.3, -0.25) is 9.89 Å². The number of ketones is 1. The first kappa shape index (κ1) is 12.3. The monoisotopic (exact) mass is 260 g/mol. The van der Waals surface area contributed by atoms with Crippen molar-refractivity contribution in [1.82, 2.24) is 15.5 Å². The first-order valence-corrected chi connectivity index (χ1v) is 6.52. The average Bonchev–Trinajstić information content (AvgIpc) is 2.96. The topological polar surface area (TPSA) is 90.8 Å². The van der Waals surface area contributed by atoms with Crippen LogP contribution in [0.25, 0.3) is 0 Å². The van der Waals surface area contributed by atoms with Crippen molar-refractivity contribution in [2.24, 2.45) is 5.92 Å². The predicted molar refractivity (Wildman–Crippen MR) is 66.0 cm³/mol. The van der Waals surface area contributed by atoms with Crippen molar-refractivity contribution in [3.05, 3.63) is 18.0 Å². The van der Waals surface area contributed by atoms with Gasteiger partial charge in [0.25, 0.3) is 0 Å². The van der Waals surface area contributed by atoms with Crippen molar-refractivity contribution in [2.75, 3.05) is 13.1 Å². The number of nitriles is 1. The number of Topliss-reactive ketones (excluding diaryl/α,β-unsaturated/α-hetero) is 1. The third kappa shape index (κ3) is 2.27. The standard InChI is InChI=1S/C13H16N4O2/c14-4-9-3-13(2-1-11(9)18)8-15-7-12(19-13)10-5-16-17-6-10/h5-6,9,12,15H,1-3,7-8H2,(H,16,17). The summed E-state index contributed by atoms with van der Waals surface area (Å²) < 4.78 is 6.21. The van der Waals surface area contributed by atoms with Crippen molar-refractivity contribution in [3.63, 3.8) is 0 Å². The summed E-state index contributed by atoms with van der Waals surface area (Å²) in [6.45, 7) is 1.43. The molecule has 0 amide bonds. The van der Waals surface area contributed by atoms with Gasteiger partial charge in [-0.25, -0.2) is 0 Å². The molecule has 0 aromatic carbocycles. The summed E-state index contributed by atoms with van der Waals surface area (Å²) in [5.74, 6) is -0.485. The van der Waals surface area contributed by atoms with E-state index in [1.54, 1.807) is 6.20 Å². The van der Waals surface area contributed by atoms with E-state index in [0.717, 1.165) is 12.1 Å². The van der Waals surface area contributed by atoms with Crippen LogP contribution in [0.15, 0.2) is 12.4 Å². The first-order valence-electron chi connectivity index (χ1n) is 6.52. The molecular weight excluding hydrogens is 244 g/mol. The Labute approximate surface area is 111 Å². The fourth-order valence-corrected chi connectivity index (χ4v) is 2.94. The molecular formula is C13H16N4O2. The highest BCUT2D eigenvalue weighted by molar-refractivity contribution is 5.84. The predicted octanol–water partition coefficient (Wildman–Crippen LogP) is 0.702. The van der Waals surface area contributed by atoms with E-state index >= 15 is 0 Å². The molecule has 2 heterocycles. The normalized spacial score (nSPS) is 35.2. The lowest BCUT2D eigenvalue weighted by atomic mass is 9.76. The maximum absolute atomic E-state index is 11.6. The van der Waals surface area contributed by atoms with Gasteiger partial charge in [0.15, 0.2) is 0 Å². The second kappa shape index (κ2) is 4.76. The van der Waals surface area contributed by atoms with Crippen LogP contribution in [0, 0.1) is 17.2 Å². The number of carbonyl (C=O) groups excluding carboxylic acids is 1. The van der Waals surface area contributed by atoms with Crippen LogP contribution in [0.5, 0.6) is 0 Å². The van der Waals surface area contributed by atoms with Gasteiger partial charge in [-0.2, -0.15) is 10.4 Å². The molecule has 2 aliphatic rings. The van der Waals surface area contributed by atoms with Crippen LogP contribution >= 0.6 is 0 Å². The minimum atomic E-state index is -0.529. The maximum atomic E-state index is 11.6. The second-order valence-electron chi connectivity index (χ2n) is 5.30. The Morgan fingerprint density at radius 2 is 2.47 bits per heavy atom. The number of carbonyl (C=O) groups is 1. The lowest BCUT2D eigenvalue weighted by Gasteiger charge is -2.44. The fraction of sp³-hybridized carbons (Fsp3) is 0.615. The number of aromatic nitrogens is 2. The van der Waals surface area contributed by atoms with Crippen LogP contribution in [0.4, 0.5) is 0 Å². The van der Waals surface area contributed by atoms with Crippen molar-refractivity contribution < 1.29 is 9.53 Å². The molecule has 1 aromatic rings. The molecule has 1 aliphatic heterocycles. The molecule has 1 aromatic heterocycles. The molecule has 2 fully saturated rings. The number of nitrogens with zero attached hydrogens (tertiary/aromatic N) is 2. The number of H-pyrrole nitrogens is 1. The van der Waals surface area contributed by atoms with Gasteiger partial charge in [0.2, 0.25) is 0 Å². The van der Waals surface area contributed by atoms with E-state index in [2.05, 4.69) is 21.6 Å². The van der Waals surface area contributed by atoms with E-state index in [-0.39, 0.29) is 11.9 Å². The smallest absolute Gasteiger partial charge is 0.150 e. The average molecular weight is 260 g/mol.